The van der Waals surface area contributed by atoms with Crippen molar-refractivity contribution in [3.8, 4) is 11.5 Å². The van der Waals surface area contributed by atoms with Crippen molar-refractivity contribution in [1.29, 1.82) is 0 Å². The van der Waals surface area contributed by atoms with Gasteiger partial charge in [0.15, 0.2) is 12.2 Å². The van der Waals surface area contributed by atoms with Gasteiger partial charge in [0, 0.05) is 56.9 Å². The van der Waals surface area contributed by atoms with Gasteiger partial charge in [0.2, 0.25) is 0 Å². The zero-order chi connectivity index (χ0) is 36.9. The number of aliphatic hydroxyl groups excluding tert-OH is 4. The van der Waals surface area contributed by atoms with Crippen molar-refractivity contribution < 1.29 is 40.2 Å². The largest absolute Gasteiger partial charge is 0.505 e. The van der Waals surface area contributed by atoms with E-state index in [-0.39, 0.29) is 22.9 Å². The third-order valence-corrected chi connectivity index (χ3v) is 8.70. The number of hydrogen-bond donors (Lipinski definition) is 8. The average Bonchev–Trinajstić information content (AvgIpc) is 3.10. The number of carbonyl (C=O) groups is 2. The van der Waals surface area contributed by atoms with E-state index in [4.69, 9.17) is 10.2 Å². The van der Waals surface area contributed by atoms with Crippen LogP contribution in [-0.4, -0.2) is 115 Å². The molecule has 13 nitrogen and oxygen atoms in total. The molecule has 0 bridgehead atoms. The molecule has 1 aliphatic rings. The number of carbonyl (C=O) groups excluding carboxylic acids is 2. The quantitative estimate of drug-likeness (QED) is 0.129. The van der Waals surface area contributed by atoms with E-state index >= 15 is 0 Å². The minimum absolute atomic E-state index is 0.106. The van der Waals surface area contributed by atoms with E-state index in [1.165, 1.54) is 5.56 Å². The number of phenols is 2. The molecule has 1 heterocycles. The second-order valence-electron chi connectivity index (χ2n) is 13.1. The first kappa shape index (κ1) is 39.3. The predicted molar refractivity (Wildman–Crippen MR) is 195 cm³/mol. The lowest BCUT2D eigenvalue weighted by Crippen LogP contribution is -2.33. The molecular formula is C38H51N5O8. The van der Waals surface area contributed by atoms with Crippen LogP contribution in [0.15, 0.2) is 66.9 Å². The van der Waals surface area contributed by atoms with Crippen LogP contribution < -0.4 is 10.6 Å². The Morgan fingerprint density at radius 3 is 1.76 bits per heavy atom. The zero-order valence-corrected chi connectivity index (χ0v) is 29.3. The number of aliphatic hydroxyl groups is 4. The van der Waals surface area contributed by atoms with Gasteiger partial charge in [-0.2, -0.15) is 0 Å². The predicted octanol–water partition coefficient (Wildman–Crippen LogP) is 2.41. The molecule has 2 amide bonds. The van der Waals surface area contributed by atoms with E-state index < -0.39 is 37.2 Å². The number of amides is 2. The first-order valence-corrected chi connectivity index (χ1v) is 17.2. The van der Waals surface area contributed by atoms with Gasteiger partial charge in [0.05, 0.1) is 24.6 Å². The minimum Gasteiger partial charge on any atom is -0.505 e. The molecule has 13 heteroatoms. The number of hydrogen-bond acceptors (Lipinski definition) is 11. The Morgan fingerprint density at radius 2 is 1.22 bits per heavy atom. The van der Waals surface area contributed by atoms with E-state index in [0.717, 1.165) is 50.1 Å². The fourth-order valence-corrected chi connectivity index (χ4v) is 6.11. The van der Waals surface area contributed by atoms with Crippen molar-refractivity contribution in [3.05, 3.63) is 94.7 Å². The van der Waals surface area contributed by atoms with Crippen molar-refractivity contribution in [2.45, 2.75) is 58.5 Å². The van der Waals surface area contributed by atoms with Crippen LogP contribution in [0.2, 0.25) is 0 Å². The third kappa shape index (κ3) is 11.8. The summed E-state index contributed by atoms with van der Waals surface area (Å²) in [5, 5.41) is 65.1. The van der Waals surface area contributed by atoms with Crippen molar-refractivity contribution in [3.63, 3.8) is 0 Å². The van der Waals surface area contributed by atoms with Gasteiger partial charge in [-0.25, -0.2) is 0 Å². The number of phenolic OH excluding ortho intramolecular Hbond substituents is 2. The van der Waals surface area contributed by atoms with Crippen LogP contribution in [0.25, 0.3) is 0 Å². The number of aryl methyl sites for hydroxylation is 2. The van der Waals surface area contributed by atoms with E-state index in [1.807, 2.05) is 56.5 Å². The smallest absolute Gasteiger partial charge is 0.255 e. The van der Waals surface area contributed by atoms with Gasteiger partial charge < -0.3 is 46.2 Å². The number of nitrogens with zero attached hydrogens (tertiary/aromatic N) is 3. The highest BCUT2D eigenvalue weighted by Crippen LogP contribution is 2.32. The molecule has 0 spiro atoms. The van der Waals surface area contributed by atoms with Crippen molar-refractivity contribution in [2.75, 3.05) is 56.6 Å². The molecule has 0 aromatic heterocycles. The van der Waals surface area contributed by atoms with Crippen LogP contribution in [0.1, 0.15) is 40.7 Å². The van der Waals surface area contributed by atoms with Gasteiger partial charge in [0.1, 0.15) is 11.5 Å². The molecule has 8 N–H and O–H groups in total. The van der Waals surface area contributed by atoms with Crippen molar-refractivity contribution in [1.82, 2.24) is 14.7 Å². The van der Waals surface area contributed by atoms with Crippen LogP contribution in [0.4, 0.5) is 11.4 Å². The zero-order valence-electron chi connectivity index (χ0n) is 29.3. The molecule has 0 aliphatic carbocycles. The second kappa shape index (κ2) is 19.2. The molecule has 51 heavy (non-hydrogen) atoms. The summed E-state index contributed by atoms with van der Waals surface area (Å²) in [6.45, 7) is 7.35. The van der Waals surface area contributed by atoms with Crippen LogP contribution in [0.3, 0.4) is 0 Å². The van der Waals surface area contributed by atoms with E-state index in [0.29, 0.717) is 37.3 Å². The summed E-state index contributed by atoms with van der Waals surface area (Å²) in [6, 6.07) is 17.2. The van der Waals surface area contributed by atoms with E-state index in [9.17, 15) is 30.0 Å². The first-order chi connectivity index (χ1) is 24.5. The number of benzene rings is 3. The molecule has 0 saturated heterocycles. The maximum absolute atomic E-state index is 12.3. The molecule has 0 radical (unpaired) electrons. The van der Waals surface area contributed by atoms with Gasteiger partial charge in [-0.15, -0.1) is 0 Å². The Kier molecular flexibility index (Phi) is 14.8. The Morgan fingerprint density at radius 1 is 0.706 bits per heavy atom. The fraction of sp³-hybridized carbons (Fsp3) is 0.421. The standard InChI is InChI=1S/C38H51N5O8/c1-26-17-29(35(48)31(19-26)39-37(50)33(46)24-44)22-42-13-6-11-41(21-28-9-4-3-5-10-28)12-7-14-43(16-8-15-42)23-30-18-27(2)20-32(36(30)49)40-38(51)34(47)25-45/h3-5,8-10,15,17-20,33-34,44-49H,6-7,11-14,16,21-25H2,1-2H3,(H,39,50)(H,40,51)/b15-8-. The summed E-state index contributed by atoms with van der Waals surface area (Å²) in [5.41, 5.74) is 4.33. The lowest BCUT2D eigenvalue weighted by molar-refractivity contribution is -0.126. The van der Waals surface area contributed by atoms with Crippen LogP contribution in [0.5, 0.6) is 11.5 Å². The molecule has 0 fully saturated rings. The fourth-order valence-electron chi connectivity index (χ4n) is 6.11. The van der Waals surface area contributed by atoms with E-state index in [2.05, 4.69) is 37.5 Å². The molecule has 2 atom stereocenters. The summed E-state index contributed by atoms with van der Waals surface area (Å²) in [5.74, 6) is -1.85. The highest BCUT2D eigenvalue weighted by molar-refractivity contribution is 5.96. The van der Waals surface area contributed by atoms with Gasteiger partial charge >= 0.3 is 0 Å². The van der Waals surface area contributed by atoms with Crippen molar-refractivity contribution in [2.24, 2.45) is 0 Å². The summed E-state index contributed by atoms with van der Waals surface area (Å²) < 4.78 is 0. The molecule has 0 saturated carbocycles. The topological polar surface area (TPSA) is 189 Å². The number of rotatable bonds is 12. The molecule has 276 valence electrons. The first-order valence-electron chi connectivity index (χ1n) is 17.2. The molecule has 3 aromatic rings. The van der Waals surface area contributed by atoms with Gasteiger partial charge in [-0.05, 0) is 68.3 Å². The lowest BCUT2D eigenvalue weighted by atomic mass is 10.1. The average molecular weight is 706 g/mol. The maximum atomic E-state index is 12.3. The summed E-state index contributed by atoms with van der Waals surface area (Å²) >= 11 is 0. The van der Waals surface area contributed by atoms with E-state index in [1.54, 1.807) is 12.1 Å². The van der Waals surface area contributed by atoms with Gasteiger partial charge in [-0.1, -0.05) is 48.5 Å². The molecule has 3 aromatic carbocycles. The SMILES string of the molecule is Cc1cc(CN2/C=C\CN(Cc3cc(C)cc(NC(=O)C(O)CO)c3O)CCCN(Cc3ccccc3)CCC2)c(O)c(NC(=O)C(O)CO)c1. The Bertz CT molecular complexity index is 1640. The molecule has 1 aliphatic heterocycles. The molecule has 2 unspecified atom stereocenters. The van der Waals surface area contributed by atoms with Crippen molar-refractivity contribution >= 4 is 23.2 Å². The number of aromatic hydroxyl groups is 2. The van der Waals surface area contributed by atoms with Gasteiger partial charge in [-0.3, -0.25) is 19.4 Å². The minimum atomic E-state index is -1.61. The highest BCUT2D eigenvalue weighted by Gasteiger charge is 2.21. The maximum Gasteiger partial charge on any atom is 0.255 e. The van der Waals surface area contributed by atoms with Crippen LogP contribution in [-0.2, 0) is 29.2 Å². The lowest BCUT2D eigenvalue weighted by Gasteiger charge is -2.29. The summed E-state index contributed by atoms with van der Waals surface area (Å²) in [6.07, 6.45) is 2.53. The molecular weight excluding hydrogens is 654 g/mol. The number of anilines is 2. The van der Waals surface area contributed by atoms with Gasteiger partial charge in [0.25, 0.3) is 11.8 Å². The third-order valence-electron chi connectivity index (χ3n) is 8.70. The Labute approximate surface area is 299 Å². The second-order valence-corrected chi connectivity index (χ2v) is 13.1. The summed E-state index contributed by atoms with van der Waals surface area (Å²) in [4.78, 5) is 31.3. The highest BCUT2D eigenvalue weighted by atomic mass is 16.3. The Hall–Kier alpha value is -4.50. The Balaban J connectivity index is 1.58. The normalized spacial score (nSPS) is 16.8. The van der Waals surface area contributed by atoms with Crippen LogP contribution in [0, 0.1) is 13.8 Å². The number of nitrogens with one attached hydrogen (secondary N) is 2. The summed E-state index contributed by atoms with van der Waals surface area (Å²) in [7, 11) is 0. The molecule has 4 rings (SSSR count). The van der Waals surface area contributed by atoms with Crippen LogP contribution >= 0.6 is 0 Å². The monoisotopic (exact) mass is 705 g/mol.